The Morgan fingerprint density at radius 1 is 0.404 bits per heavy atom. The molecule has 3 heterocycles. The van der Waals surface area contributed by atoms with Crippen LogP contribution in [-0.2, 0) is 0 Å². The first-order valence-electron chi connectivity index (χ1n) is 17.5. The van der Waals surface area contributed by atoms with Crippen LogP contribution in [0.5, 0.6) is 11.5 Å². The molecule has 0 radical (unpaired) electrons. The molecule has 9 aromatic rings. The van der Waals surface area contributed by atoms with E-state index in [1.54, 1.807) is 0 Å². The maximum atomic E-state index is 6.75. The molecule has 0 bridgehead atoms. The number of rotatable bonds is 5. The number of hydrogen-bond donors (Lipinski definition) is 0. The third-order valence-corrected chi connectivity index (χ3v) is 9.82. The van der Waals surface area contributed by atoms with E-state index in [1.165, 1.54) is 5.39 Å². The van der Waals surface area contributed by atoms with Crippen LogP contribution < -0.4 is 4.74 Å². The van der Waals surface area contributed by atoms with E-state index in [0.717, 1.165) is 84.3 Å². The van der Waals surface area contributed by atoms with Crippen LogP contribution in [0, 0.1) is 0 Å². The average molecular weight is 666 g/mol. The molecule has 10 rings (SSSR count). The first-order chi connectivity index (χ1) is 25.8. The van der Waals surface area contributed by atoms with Crippen molar-refractivity contribution >= 4 is 10.9 Å². The molecular formula is C48H31N3O. The van der Waals surface area contributed by atoms with E-state index in [1.807, 2.05) is 42.5 Å². The van der Waals surface area contributed by atoms with Gasteiger partial charge in [0.2, 0.25) is 0 Å². The van der Waals surface area contributed by atoms with Crippen molar-refractivity contribution in [3.05, 3.63) is 188 Å². The lowest BCUT2D eigenvalue weighted by molar-refractivity contribution is 0.487. The molecule has 4 nitrogen and oxygen atoms in total. The van der Waals surface area contributed by atoms with Crippen LogP contribution in [0.2, 0.25) is 0 Å². The smallest absolute Gasteiger partial charge is 0.160 e. The van der Waals surface area contributed by atoms with Crippen molar-refractivity contribution < 1.29 is 4.74 Å². The van der Waals surface area contributed by atoms with Crippen molar-refractivity contribution in [2.75, 3.05) is 0 Å². The van der Waals surface area contributed by atoms with E-state index in [9.17, 15) is 0 Å². The topological polar surface area (TPSA) is 39.9 Å². The molecule has 0 atom stereocenters. The Morgan fingerprint density at radius 2 is 1.00 bits per heavy atom. The number of benzene rings is 7. The van der Waals surface area contributed by atoms with E-state index < -0.39 is 0 Å². The number of nitrogens with zero attached hydrogens (tertiary/aromatic N) is 3. The second-order valence-corrected chi connectivity index (χ2v) is 13.0. The summed E-state index contributed by atoms with van der Waals surface area (Å²) < 4.78 is 9.12. The fraction of sp³-hybridized carbons (Fsp3) is 0. The van der Waals surface area contributed by atoms with E-state index in [-0.39, 0.29) is 0 Å². The first kappa shape index (κ1) is 29.8. The van der Waals surface area contributed by atoms with E-state index in [2.05, 4.69) is 150 Å². The van der Waals surface area contributed by atoms with E-state index in [0.29, 0.717) is 5.82 Å². The summed E-state index contributed by atoms with van der Waals surface area (Å²) in [7, 11) is 0. The highest BCUT2D eigenvalue weighted by Crippen LogP contribution is 2.52. The second-order valence-electron chi connectivity index (χ2n) is 13.0. The number of para-hydroxylation sites is 3. The zero-order valence-corrected chi connectivity index (χ0v) is 28.1. The summed E-state index contributed by atoms with van der Waals surface area (Å²) in [4.78, 5) is 10.1. The molecule has 2 aromatic heterocycles. The Balaban J connectivity index is 1.16. The zero-order chi connectivity index (χ0) is 34.4. The van der Waals surface area contributed by atoms with Gasteiger partial charge in [0, 0.05) is 44.5 Å². The van der Waals surface area contributed by atoms with Crippen molar-refractivity contribution in [1.29, 1.82) is 0 Å². The van der Waals surface area contributed by atoms with Gasteiger partial charge in [0.25, 0.3) is 0 Å². The van der Waals surface area contributed by atoms with Gasteiger partial charge < -0.3 is 9.30 Å². The van der Waals surface area contributed by atoms with Gasteiger partial charge in [-0.05, 0) is 65.7 Å². The maximum absolute atomic E-state index is 6.75. The van der Waals surface area contributed by atoms with Crippen LogP contribution in [0.4, 0.5) is 0 Å². The van der Waals surface area contributed by atoms with Gasteiger partial charge in [-0.2, -0.15) is 0 Å². The van der Waals surface area contributed by atoms with Crippen molar-refractivity contribution in [2.24, 2.45) is 0 Å². The molecule has 7 aromatic carbocycles. The van der Waals surface area contributed by atoms with Gasteiger partial charge in [0.05, 0.1) is 22.6 Å². The van der Waals surface area contributed by atoms with Gasteiger partial charge in [0.15, 0.2) is 5.82 Å². The highest BCUT2D eigenvalue weighted by molar-refractivity contribution is 6.08. The predicted octanol–water partition coefficient (Wildman–Crippen LogP) is 12.5. The van der Waals surface area contributed by atoms with Gasteiger partial charge >= 0.3 is 0 Å². The molecule has 1 aliphatic heterocycles. The molecule has 0 N–H and O–H groups in total. The number of hydrogen-bond acceptors (Lipinski definition) is 3. The summed E-state index contributed by atoms with van der Waals surface area (Å²) in [6, 6.07) is 65.4. The lowest BCUT2D eigenvalue weighted by Gasteiger charge is -2.13. The highest BCUT2D eigenvalue weighted by Gasteiger charge is 2.28. The maximum Gasteiger partial charge on any atom is 0.160 e. The molecule has 0 aliphatic carbocycles. The minimum absolute atomic E-state index is 0.700. The van der Waals surface area contributed by atoms with E-state index >= 15 is 0 Å². The predicted molar refractivity (Wildman–Crippen MR) is 212 cm³/mol. The van der Waals surface area contributed by atoms with Crippen LogP contribution in [0.3, 0.4) is 0 Å². The molecule has 244 valence electrons. The molecular weight excluding hydrogens is 635 g/mol. The van der Waals surface area contributed by atoms with Crippen molar-refractivity contribution in [2.45, 2.75) is 0 Å². The van der Waals surface area contributed by atoms with Gasteiger partial charge in [-0.1, -0.05) is 133 Å². The van der Waals surface area contributed by atoms with Gasteiger partial charge in [-0.3, -0.25) is 0 Å². The molecule has 1 aliphatic rings. The minimum Gasteiger partial charge on any atom is -0.456 e. The molecule has 0 saturated heterocycles. The third kappa shape index (κ3) is 5.09. The Hall–Kier alpha value is -7.04. The van der Waals surface area contributed by atoms with Crippen molar-refractivity contribution in [3.8, 4) is 84.6 Å². The van der Waals surface area contributed by atoms with Gasteiger partial charge in [-0.25, -0.2) is 9.97 Å². The van der Waals surface area contributed by atoms with Crippen LogP contribution in [0.1, 0.15) is 0 Å². The lowest BCUT2D eigenvalue weighted by atomic mass is 9.94. The highest BCUT2D eigenvalue weighted by atomic mass is 16.5. The monoisotopic (exact) mass is 665 g/mol. The normalized spacial score (nSPS) is 11.6. The number of ether oxygens (including phenoxy) is 1. The minimum atomic E-state index is 0.700. The summed E-state index contributed by atoms with van der Waals surface area (Å²) in [6.45, 7) is 0. The van der Waals surface area contributed by atoms with Crippen LogP contribution in [0.25, 0.3) is 84.0 Å². The first-order valence-corrected chi connectivity index (χ1v) is 17.5. The Labute approximate surface area is 301 Å². The second kappa shape index (κ2) is 12.4. The van der Waals surface area contributed by atoms with Crippen molar-refractivity contribution in [1.82, 2.24) is 14.5 Å². The molecule has 0 fully saturated rings. The Bertz CT molecular complexity index is 2690. The SMILES string of the molecule is c1ccc(-c2cc(-c3cccc(-c4ccc5c(c4)-c4c(n(-c6ccccc6)c6ccccc46)-c4ccccc4O5)c3)nc(-c3ccccc3)n2)cc1. The number of aromatic nitrogens is 3. The largest absolute Gasteiger partial charge is 0.456 e. The molecule has 0 spiro atoms. The van der Waals surface area contributed by atoms with Crippen molar-refractivity contribution in [3.63, 3.8) is 0 Å². The Morgan fingerprint density at radius 3 is 1.81 bits per heavy atom. The average Bonchev–Trinajstić information content (AvgIpc) is 3.49. The van der Waals surface area contributed by atoms with Gasteiger partial charge in [0.1, 0.15) is 11.5 Å². The summed E-state index contributed by atoms with van der Waals surface area (Å²) in [5.74, 6) is 2.37. The van der Waals surface area contributed by atoms with Crippen LogP contribution in [0.15, 0.2) is 188 Å². The van der Waals surface area contributed by atoms with Crippen LogP contribution >= 0.6 is 0 Å². The Kier molecular flexibility index (Phi) is 7.10. The molecule has 0 amide bonds. The summed E-state index contributed by atoms with van der Waals surface area (Å²) in [6.07, 6.45) is 0. The van der Waals surface area contributed by atoms with Crippen LogP contribution in [-0.4, -0.2) is 14.5 Å². The summed E-state index contributed by atoms with van der Waals surface area (Å²) in [5.41, 5.74) is 13.7. The summed E-state index contributed by atoms with van der Waals surface area (Å²) in [5, 5.41) is 1.18. The summed E-state index contributed by atoms with van der Waals surface area (Å²) >= 11 is 0. The fourth-order valence-corrected chi connectivity index (χ4v) is 7.40. The standard InChI is InChI=1S/C48H31N3O/c1-4-15-32(16-5-1)41-31-42(50-48(49-41)33-17-6-2-7-18-33)36-20-14-19-34(29-36)35-27-28-45-40(30-35)46-38-23-10-12-25-43(38)51(37-21-8-3-9-22-37)47(46)39-24-11-13-26-44(39)52-45/h1-31H. The molecule has 52 heavy (non-hydrogen) atoms. The molecule has 0 saturated carbocycles. The quantitative estimate of drug-likeness (QED) is 0.184. The van der Waals surface area contributed by atoms with Gasteiger partial charge in [-0.15, -0.1) is 0 Å². The third-order valence-electron chi connectivity index (χ3n) is 9.82. The zero-order valence-electron chi connectivity index (χ0n) is 28.1. The van der Waals surface area contributed by atoms with E-state index in [4.69, 9.17) is 14.7 Å². The molecule has 4 heteroatoms. The number of fused-ring (bicyclic) bond motifs is 7. The molecule has 0 unspecified atom stereocenters. The fourth-order valence-electron chi connectivity index (χ4n) is 7.40. The lowest BCUT2D eigenvalue weighted by Crippen LogP contribution is -1.97.